The van der Waals surface area contributed by atoms with Gasteiger partial charge in [0.2, 0.25) is 0 Å². The molecular weight excluding hydrogens is 270 g/mol. The number of anilines is 1. The Morgan fingerprint density at radius 3 is 2.80 bits per heavy atom. The van der Waals surface area contributed by atoms with Crippen molar-refractivity contribution in [3.8, 4) is 0 Å². The Bertz CT molecular complexity index is 472. The Labute approximate surface area is 127 Å². The van der Waals surface area contributed by atoms with E-state index in [0.29, 0.717) is 10.6 Å². The number of ketones is 1. The topological polar surface area (TPSA) is 20.3 Å². The number of hydrogen-bond acceptors (Lipinski definition) is 2. The molecule has 1 aromatic rings. The zero-order valence-electron chi connectivity index (χ0n) is 12.5. The van der Waals surface area contributed by atoms with Gasteiger partial charge in [-0.25, -0.2) is 0 Å². The molecule has 1 unspecified atom stereocenters. The van der Waals surface area contributed by atoms with Gasteiger partial charge in [0.1, 0.15) is 0 Å². The molecule has 1 atom stereocenters. The normalized spacial score (nSPS) is 19.8. The van der Waals surface area contributed by atoms with Crippen molar-refractivity contribution in [1.82, 2.24) is 0 Å². The van der Waals surface area contributed by atoms with Crippen LogP contribution in [0.5, 0.6) is 0 Å². The third-order valence-corrected chi connectivity index (χ3v) is 4.55. The fourth-order valence-electron chi connectivity index (χ4n) is 3.11. The average molecular weight is 294 g/mol. The summed E-state index contributed by atoms with van der Waals surface area (Å²) >= 11 is 6.22. The van der Waals surface area contributed by atoms with Crippen LogP contribution in [0.15, 0.2) is 18.2 Å². The maximum atomic E-state index is 11.4. The second kappa shape index (κ2) is 7.12. The van der Waals surface area contributed by atoms with Gasteiger partial charge in [0.25, 0.3) is 0 Å². The molecule has 1 aliphatic rings. The minimum absolute atomic E-state index is 0.0282. The second-order valence-corrected chi connectivity index (χ2v) is 6.20. The molecule has 0 bridgehead atoms. The summed E-state index contributed by atoms with van der Waals surface area (Å²) in [6.07, 6.45) is 6.47. The molecule has 2 nitrogen and oxygen atoms in total. The fraction of sp³-hybridized carbons (Fsp3) is 0.588. The van der Waals surface area contributed by atoms with Crippen LogP contribution < -0.4 is 4.90 Å². The SMILES string of the molecule is CCCC1CCCN(c2ccc(C(C)=O)c(Cl)c2)CC1. The smallest absolute Gasteiger partial charge is 0.161 e. The Morgan fingerprint density at radius 2 is 2.15 bits per heavy atom. The van der Waals surface area contributed by atoms with E-state index < -0.39 is 0 Å². The zero-order chi connectivity index (χ0) is 14.5. The van der Waals surface area contributed by atoms with Crippen LogP contribution in [0.2, 0.25) is 5.02 Å². The van der Waals surface area contributed by atoms with Gasteiger partial charge in [-0.15, -0.1) is 0 Å². The lowest BCUT2D eigenvalue weighted by Crippen LogP contribution is -2.24. The highest BCUT2D eigenvalue weighted by Crippen LogP contribution is 2.28. The standard InChI is InChI=1S/C17H24ClNO/c1-3-5-14-6-4-10-19(11-9-14)15-7-8-16(13(2)20)17(18)12-15/h7-8,12,14H,3-6,9-11H2,1-2H3. The van der Waals surface area contributed by atoms with Gasteiger partial charge in [0.05, 0.1) is 5.02 Å². The van der Waals surface area contributed by atoms with Crippen LogP contribution in [-0.2, 0) is 0 Å². The molecule has 1 aliphatic heterocycles. The van der Waals surface area contributed by atoms with Gasteiger partial charge < -0.3 is 4.90 Å². The van der Waals surface area contributed by atoms with Crippen molar-refractivity contribution in [3.05, 3.63) is 28.8 Å². The Morgan fingerprint density at radius 1 is 1.35 bits per heavy atom. The van der Waals surface area contributed by atoms with Crippen molar-refractivity contribution >= 4 is 23.1 Å². The van der Waals surface area contributed by atoms with Gasteiger partial charge in [0, 0.05) is 24.3 Å². The minimum atomic E-state index is 0.0282. The van der Waals surface area contributed by atoms with Crippen LogP contribution in [0, 0.1) is 5.92 Å². The first-order valence-electron chi connectivity index (χ1n) is 7.67. The van der Waals surface area contributed by atoms with Crippen molar-refractivity contribution in [1.29, 1.82) is 0 Å². The number of hydrogen-bond donors (Lipinski definition) is 0. The molecule has 1 saturated heterocycles. The van der Waals surface area contributed by atoms with Crippen LogP contribution >= 0.6 is 11.6 Å². The predicted molar refractivity (Wildman–Crippen MR) is 85.9 cm³/mol. The molecule has 1 aromatic carbocycles. The summed E-state index contributed by atoms with van der Waals surface area (Å²) in [5.74, 6) is 0.900. The molecule has 3 heteroatoms. The van der Waals surface area contributed by atoms with Crippen molar-refractivity contribution in [2.45, 2.75) is 46.0 Å². The number of benzene rings is 1. The highest BCUT2D eigenvalue weighted by Gasteiger charge is 2.17. The van der Waals surface area contributed by atoms with Gasteiger partial charge in [-0.3, -0.25) is 4.79 Å². The Balaban J connectivity index is 2.08. The van der Waals surface area contributed by atoms with E-state index in [4.69, 9.17) is 11.6 Å². The number of nitrogens with zero attached hydrogens (tertiary/aromatic N) is 1. The molecular formula is C17H24ClNO. The summed E-state index contributed by atoms with van der Waals surface area (Å²) in [6, 6.07) is 5.83. The molecule has 1 heterocycles. The lowest BCUT2D eigenvalue weighted by molar-refractivity contribution is 0.101. The van der Waals surface area contributed by atoms with Crippen molar-refractivity contribution in [2.75, 3.05) is 18.0 Å². The molecule has 0 saturated carbocycles. The largest absolute Gasteiger partial charge is 0.371 e. The lowest BCUT2D eigenvalue weighted by atomic mass is 9.96. The summed E-state index contributed by atoms with van der Waals surface area (Å²) in [5, 5.41) is 0.573. The summed E-state index contributed by atoms with van der Waals surface area (Å²) in [7, 11) is 0. The molecule has 0 N–H and O–H groups in total. The highest BCUT2D eigenvalue weighted by molar-refractivity contribution is 6.34. The third-order valence-electron chi connectivity index (χ3n) is 4.24. The Hall–Kier alpha value is -1.02. The monoisotopic (exact) mass is 293 g/mol. The number of carbonyl (C=O) groups is 1. The van der Waals surface area contributed by atoms with E-state index in [1.165, 1.54) is 32.1 Å². The number of halogens is 1. The lowest BCUT2D eigenvalue weighted by Gasteiger charge is -2.23. The zero-order valence-corrected chi connectivity index (χ0v) is 13.2. The molecule has 110 valence electrons. The van der Waals surface area contributed by atoms with E-state index in [2.05, 4.69) is 11.8 Å². The summed E-state index contributed by atoms with van der Waals surface area (Å²) in [5.41, 5.74) is 1.77. The van der Waals surface area contributed by atoms with Gasteiger partial charge in [0.15, 0.2) is 5.78 Å². The summed E-state index contributed by atoms with van der Waals surface area (Å²) in [6.45, 7) is 6.02. The van der Waals surface area contributed by atoms with E-state index in [-0.39, 0.29) is 5.78 Å². The molecule has 0 amide bonds. The van der Waals surface area contributed by atoms with E-state index >= 15 is 0 Å². The maximum Gasteiger partial charge on any atom is 0.161 e. The molecule has 1 fully saturated rings. The summed E-state index contributed by atoms with van der Waals surface area (Å²) < 4.78 is 0. The number of Topliss-reactive ketones (excluding diaryl/α,β-unsaturated/α-hetero) is 1. The third kappa shape index (κ3) is 3.76. The van der Waals surface area contributed by atoms with E-state index in [0.717, 1.165) is 24.7 Å². The van der Waals surface area contributed by atoms with Crippen LogP contribution in [0.4, 0.5) is 5.69 Å². The first-order chi connectivity index (χ1) is 9.61. The van der Waals surface area contributed by atoms with Gasteiger partial charge in [-0.05, 0) is 50.3 Å². The number of carbonyl (C=O) groups excluding carboxylic acids is 1. The molecule has 0 radical (unpaired) electrons. The average Bonchev–Trinajstić information content (AvgIpc) is 2.64. The van der Waals surface area contributed by atoms with Crippen LogP contribution in [0.3, 0.4) is 0 Å². The van der Waals surface area contributed by atoms with Crippen molar-refractivity contribution in [3.63, 3.8) is 0 Å². The van der Waals surface area contributed by atoms with Gasteiger partial charge in [-0.2, -0.15) is 0 Å². The van der Waals surface area contributed by atoms with Crippen LogP contribution in [0.1, 0.15) is 56.3 Å². The molecule has 2 rings (SSSR count). The molecule has 0 aliphatic carbocycles. The van der Waals surface area contributed by atoms with Gasteiger partial charge >= 0.3 is 0 Å². The molecule has 0 spiro atoms. The summed E-state index contributed by atoms with van der Waals surface area (Å²) in [4.78, 5) is 13.8. The predicted octanol–water partition coefficient (Wildman–Crippen LogP) is 4.95. The van der Waals surface area contributed by atoms with Crippen molar-refractivity contribution < 1.29 is 4.79 Å². The van der Waals surface area contributed by atoms with Crippen LogP contribution in [0.25, 0.3) is 0 Å². The minimum Gasteiger partial charge on any atom is -0.371 e. The maximum absolute atomic E-state index is 11.4. The molecule has 20 heavy (non-hydrogen) atoms. The van der Waals surface area contributed by atoms with E-state index in [9.17, 15) is 4.79 Å². The van der Waals surface area contributed by atoms with Crippen molar-refractivity contribution in [2.24, 2.45) is 5.92 Å². The fourth-order valence-corrected chi connectivity index (χ4v) is 3.41. The second-order valence-electron chi connectivity index (χ2n) is 5.79. The quantitative estimate of drug-likeness (QED) is 0.732. The highest BCUT2D eigenvalue weighted by atomic mass is 35.5. The Kier molecular flexibility index (Phi) is 5.47. The van der Waals surface area contributed by atoms with E-state index in [1.807, 2.05) is 18.2 Å². The van der Waals surface area contributed by atoms with Crippen LogP contribution in [-0.4, -0.2) is 18.9 Å². The molecule has 0 aromatic heterocycles. The number of rotatable bonds is 4. The first kappa shape index (κ1) is 15.4. The first-order valence-corrected chi connectivity index (χ1v) is 8.05. The van der Waals surface area contributed by atoms with Gasteiger partial charge in [-0.1, -0.05) is 31.4 Å². The van der Waals surface area contributed by atoms with E-state index in [1.54, 1.807) is 6.92 Å².